The molecule has 2 N–H and O–H groups in total. The van der Waals surface area contributed by atoms with Gasteiger partial charge in [-0.15, -0.1) is 0 Å². The van der Waals surface area contributed by atoms with E-state index in [1.165, 1.54) is 24.3 Å². The van der Waals surface area contributed by atoms with Gasteiger partial charge in [0, 0.05) is 28.9 Å². The standard InChI is InChI=1S/C15H11N3O7/c19-14(20)8-16-11-3-1-9(2-4-11)15(21)10-5-12(17(22)23)7-13(6-10)18(24)25/h1-7,16H,8H2,(H,19,20). The molecule has 0 aliphatic heterocycles. The van der Waals surface area contributed by atoms with Crippen LogP contribution < -0.4 is 5.32 Å². The molecule has 2 aromatic carbocycles. The van der Waals surface area contributed by atoms with Gasteiger partial charge in [-0.25, -0.2) is 0 Å². The quantitative estimate of drug-likeness (QED) is 0.440. The van der Waals surface area contributed by atoms with E-state index in [0.717, 1.165) is 18.2 Å². The third kappa shape index (κ3) is 4.34. The molecule has 0 radical (unpaired) electrons. The first-order chi connectivity index (χ1) is 11.8. The number of aliphatic carboxylic acids is 1. The molecule has 25 heavy (non-hydrogen) atoms. The number of nitro benzene ring substituents is 2. The van der Waals surface area contributed by atoms with E-state index in [0.29, 0.717) is 5.69 Å². The molecule has 2 aromatic rings. The lowest BCUT2D eigenvalue weighted by Crippen LogP contribution is -2.12. The highest BCUT2D eigenvalue weighted by Gasteiger charge is 2.20. The number of anilines is 1. The van der Waals surface area contributed by atoms with E-state index >= 15 is 0 Å². The van der Waals surface area contributed by atoms with Gasteiger partial charge in [0.2, 0.25) is 0 Å². The monoisotopic (exact) mass is 345 g/mol. The van der Waals surface area contributed by atoms with E-state index in [2.05, 4.69) is 5.32 Å². The largest absolute Gasteiger partial charge is 0.480 e. The SMILES string of the molecule is O=C(O)CNc1ccc(C(=O)c2cc([N+](=O)[O-])cc([N+](=O)[O-])c2)cc1. The third-order valence-corrected chi connectivity index (χ3v) is 3.18. The van der Waals surface area contributed by atoms with Gasteiger partial charge < -0.3 is 10.4 Å². The van der Waals surface area contributed by atoms with Gasteiger partial charge >= 0.3 is 5.97 Å². The molecule has 0 saturated carbocycles. The van der Waals surface area contributed by atoms with Crippen LogP contribution in [0.3, 0.4) is 0 Å². The smallest absolute Gasteiger partial charge is 0.322 e. The van der Waals surface area contributed by atoms with Crippen molar-refractivity contribution < 1.29 is 24.5 Å². The maximum atomic E-state index is 12.4. The number of ketones is 1. The summed E-state index contributed by atoms with van der Waals surface area (Å²) in [6.45, 7) is -0.301. The summed E-state index contributed by atoms with van der Waals surface area (Å²) in [5.74, 6) is -1.68. The highest BCUT2D eigenvalue weighted by molar-refractivity contribution is 6.09. The number of nitro groups is 2. The molecule has 128 valence electrons. The van der Waals surface area contributed by atoms with Crippen molar-refractivity contribution in [3.63, 3.8) is 0 Å². The van der Waals surface area contributed by atoms with Crippen molar-refractivity contribution in [3.05, 3.63) is 73.8 Å². The summed E-state index contributed by atoms with van der Waals surface area (Å²) in [7, 11) is 0. The van der Waals surface area contributed by atoms with Crippen LogP contribution in [0.25, 0.3) is 0 Å². The lowest BCUT2D eigenvalue weighted by molar-refractivity contribution is -0.394. The molecule has 10 heteroatoms. The topological polar surface area (TPSA) is 153 Å². The molecular formula is C15H11N3O7. The van der Waals surface area contributed by atoms with Crippen LogP contribution in [0.2, 0.25) is 0 Å². The molecule has 0 spiro atoms. The fourth-order valence-corrected chi connectivity index (χ4v) is 2.02. The van der Waals surface area contributed by atoms with E-state index in [-0.39, 0.29) is 17.7 Å². The van der Waals surface area contributed by atoms with E-state index in [9.17, 15) is 29.8 Å². The Morgan fingerprint density at radius 2 is 1.44 bits per heavy atom. The molecule has 0 unspecified atom stereocenters. The Bertz CT molecular complexity index is 830. The summed E-state index contributed by atoms with van der Waals surface area (Å²) in [5, 5.41) is 32.9. The second kappa shape index (κ2) is 7.17. The number of hydrogen-bond donors (Lipinski definition) is 2. The zero-order valence-electron chi connectivity index (χ0n) is 12.5. The van der Waals surface area contributed by atoms with Crippen LogP contribution in [0.5, 0.6) is 0 Å². The van der Waals surface area contributed by atoms with Gasteiger partial charge in [0.15, 0.2) is 5.78 Å². The minimum absolute atomic E-state index is 0.149. The Kier molecular flexibility index (Phi) is 5.03. The Balaban J connectivity index is 2.32. The molecule has 0 aromatic heterocycles. The maximum Gasteiger partial charge on any atom is 0.322 e. The molecule has 0 fully saturated rings. The van der Waals surface area contributed by atoms with Crippen molar-refractivity contribution in [2.75, 3.05) is 11.9 Å². The van der Waals surface area contributed by atoms with Crippen molar-refractivity contribution in [3.8, 4) is 0 Å². The van der Waals surface area contributed by atoms with Gasteiger partial charge in [0.05, 0.1) is 15.9 Å². The molecular weight excluding hydrogens is 334 g/mol. The zero-order valence-corrected chi connectivity index (χ0v) is 12.5. The summed E-state index contributed by atoms with van der Waals surface area (Å²) < 4.78 is 0. The second-order valence-corrected chi connectivity index (χ2v) is 4.91. The van der Waals surface area contributed by atoms with Crippen LogP contribution in [0.15, 0.2) is 42.5 Å². The number of nitrogens with one attached hydrogen (secondary N) is 1. The van der Waals surface area contributed by atoms with Gasteiger partial charge in [-0.1, -0.05) is 0 Å². The fraction of sp³-hybridized carbons (Fsp3) is 0.0667. The van der Waals surface area contributed by atoms with Gasteiger partial charge in [0.1, 0.15) is 6.54 Å². The number of hydrogen-bond acceptors (Lipinski definition) is 7. The minimum atomic E-state index is -1.05. The molecule has 2 rings (SSSR count). The van der Waals surface area contributed by atoms with Crippen molar-refractivity contribution >= 4 is 28.8 Å². The van der Waals surface area contributed by atoms with Crippen LogP contribution in [-0.2, 0) is 4.79 Å². The number of rotatable bonds is 7. The van der Waals surface area contributed by atoms with Crippen LogP contribution in [0.4, 0.5) is 17.1 Å². The maximum absolute atomic E-state index is 12.4. The number of benzene rings is 2. The number of carbonyl (C=O) groups excluding carboxylic acids is 1. The molecule has 0 saturated heterocycles. The van der Waals surface area contributed by atoms with Gasteiger partial charge in [-0.05, 0) is 24.3 Å². The van der Waals surface area contributed by atoms with Gasteiger partial charge in [-0.3, -0.25) is 29.8 Å². The van der Waals surface area contributed by atoms with Crippen LogP contribution in [0, 0.1) is 20.2 Å². The molecule has 0 bridgehead atoms. The predicted octanol–water partition coefficient (Wildman–Crippen LogP) is 2.23. The molecule has 0 atom stereocenters. The van der Waals surface area contributed by atoms with Crippen molar-refractivity contribution in [2.24, 2.45) is 0 Å². The van der Waals surface area contributed by atoms with Crippen LogP contribution >= 0.6 is 0 Å². The number of carboxylic acid groups (broad SMARTS) is 1. The van der Waals surface area contributed by atoms with Crippen LogP contribution in [-0.4, -0.2) is 33.3 Å². The minimum Gasteiger partial charge on any atom is -0.480 e. The van der Waals surface area contributed by atoms with Crippen molar-refractivity contribution in [2.45, 2.75) is 0 Å². The van der Waals surface area contributed by atoms with Gasteiger partial charge in [0.25, 0.3) is 11.4 Å². The number of carboxylic acids is 1. The Hall–Kier alpha value is -3.82. The Labute approximate surface area is 140 Å². The Morgan fingerprint density at radius 3 is 1.88 bits per heavy atom. The Morgan fingerprint density at radius 1 is 0.920 bits per heavy atom. The van der Waals surface area contributed by atoms with Crippen molar-refractivity contribution in [1.82, 2.24) is 0 Å². The first-order valence-corrected chi connectivity index (χ1v) is 6.82. The van der Waals surface area contributed by atoms with E-state index < -0.39 is 33.0 Å². The highest BCUT2D eigenvalue weighted by Crippen LogP contribution is 2.24. The second-order valence-electron chi connectivity index (χ2n) is 4.91. The molecule has 0 aliphatic rings. The van der Waals surface area contributed by atoms with Crippen LogP contribution in [0.1, 0.15) is 15.9 Å². The molecule has 10 nitrogen and oxygen atoms in total. The zero-order chi connectivity index (χ0) is 18.6. The lowest BCUT2D eigenvalue weighted by Gasteiger charge is -2.05. The van der Waals surface area contributed by atoms with E-state index in [4.69, 9.17) is 5.11 Å². The third-order valence-electron chi connectivity index (χ3n) is 3.18. The highest BCUT2D eigenvalue weighted by atomic mass is 16.6. The number of carbonyl (C=O) groups is 2. The number of non-ortho nitro benzene ring substituents is 2. The van der Waals surface area contributed by atoms with E-state index in [1.54, 1.807) is 0 Å². The fourth-order valence-electron chi connectivity index (χ4n) is 2.02. The summed E-state index contributed by atoms with van der Waals surface area (Å²) in [6, 6.07) is 8.39. The predicted molar refractivity (Wildman–Crippen MR) is 85.8 cm³/mol. The molecule has 0 aliphatic carbocycles. The summed E-state index contributed by atoms with van der Waals surface area (Å²) in [5.41, 5.74) is -0.693. The molecule has 0 heterocycles. The first-order valence-electron chi connectivity index (χ1n) is 6.82. The average molecular weight is 345 g/mol. The number of nitrogens with zero attached hydrogens (tertiary/aromatic N) is 2. The normalized spacial score (nSPS) is 10.1. The average Bonchev–Trinajstić information content (AvgIpc) is 2.59. The summed E-state index contributed by atoms with van der Waals surface area (Å²) in [6.07, 6.45) is 0. The molecule has 0 amide bonds. The first kappa shape index (κ1) is 17.5. The van der Waals surface area contributed by atoms with Crippen molar-refractivity contribution in [1.29, 1.82) is 0 Å². The summed E-state index contributed by atoms with van der Waals surface area (Å²) >= 11 is 0. The van der Waals surface area contributed by atoms with E-state index in [1.807, 2.05) is 0 Å². The lowest BCUT2D eigenvalue weighted by atomic mass is 10.0. The summed E-state index contributed by atoms with van der Waals surface area (Å²) in [4.78, 5) is 43.0. The van der Waals surface area contributed by atoms with Gasteiger partial charge in [-0.2, -0.15) is 0 Å².